The fourth-order valence-corrected chi connectivity index (χ4v) is 4.33. The minimum Gasteiger partial charge on any atom is -0.508 e. The fraction of sp³-hybridized carbons (Fsp3) is 0.462. The van der Waals surface area contributed by atoms with E-state index in [-0.39, 0.29) is 17.2 Å². The second-order valence-corrected chi connectivity index (χ2v) is 9.31. The van der Waals surface area contributed by atoms with Gasteiger partial charge in [-0.1, -0.05) is 24.3 Å². The molecule has 2 aliphatic rings. The largest absolute Gasteiger partial charge is 0.508 e. The smallest absolute Gasteiger partial charge is 0.229 e. The topological polar surface area (TPSA) is 219 Å². The number of rotatable bonds is 8. The van der Waals surface area contributed by atoms with Crippen LogP contribution in [-0.2, 0) is 14.2 Å². The van der Waals surface area contributed by atoms with Gasteiger partial charge in [-0.05, 0) is 35.4 Å². The molecule has 2 aliphatic heterocycles. The van der Waals surface area contributed by atoms with Crippen LogP contribution in [0.3, 0.4) is 0 Å². The lowest BCUT2D eigenvalue weighted by Gasteiger charge is -2.45. The summed E-state index contributed by atoms with van der Waals surface area (Å²) in [5, 5.41) is 90.4. The van der Waals surface area contributed by atoms with Gasteiger partial charge < -0.3 is 64.9 Å². The van der Waals surface area contributed by atoms with Crippen LogP contribution >= 0.6 is 0 Å². The molecular formula is C26H32O13. The molecule has 214 valence electrons. The van der Waals surface area contributed by atoms with Gasteiger partial charge >= 0.3 is 0 Å². The quantitative estimate of drug-likeness (QED) is 0.167. The third-order valence-electron chi connectivity index (χ3n) is 6.49. The number of aromatic hydroxyl groups is 2. The summed E-state index contributed by atoms with van der Waals surface area (Å²) in [6, 6.07) is 10.7. The van der Waals surface area contributed by atoms with E-state index in [0.29, 0.717) is 5.56 Å². The predicted octanol–water partition coefficient (Wildman–Crippen LogP) is -1.73. The molecule has 0 bridgehead atoms. The Hall–Kier alpha value is -2.82. The summed E-state index contributed by atoms with van der Waals surface area (Å²) >= 11 is 0. The van der Waals surface area contributed by atoms with E-state index >= 15 is 0 Å². The van der Waals surface area contributed by atoms with E-state index in [9.17, 15) is 46.0 Å². The van der Waals surface area contributed by atoms with E-state index in [0.717, 1.165) is 5.56 Å². The second-order valence-electron chi connectivity index (χ2n) is 9.31. The summed E-state index contributed by atoms with van der Waals surface area (Å²) in [4.78, 5) is 0. The molecule has 39 heavy (non-hydrogen) atoms. The number of hydrogen-bond donors (Lipinski definition) is 9. The zero-order chi connectivity index (χ0) is 28.3. The standard InChI is InChI=1S/C26H32O13/c27-10-17-19(31)20(32)22(34)26(37-17)39-24-18(11-28)38-25(23(35)21(24)33)36-16-8-13(7-15(30)9-16)2-1-12-3-5-14(29)6-4-12/h1-9,17-35H,10-11H2/b2-1+/t17-,18-,19-,20+,21-,22-,23-,24-,25-,26+/m1/s1. The van der Waals surface area contributed by atoms with Gasteiger partial charge in [-0.2, -0.15) is 0 Å². The van der Waals surface area contributed by atoms with Crippen molar-refractivity contribution < 1.29 is 64.9 Å². The molecule has 2 saturated heterocycles. The number of aliphatic hydroxyl groups is 7. The number of aliphatic hydroxyl groups excluding tert-OH is 7. The highest BCUT2D eigenvalue weighted by molar-refractivity contribution is 5.71. The van der Waals surface area contributed by atoms with Crippen LogP contribution in [0.5, 0.6) is 17.2 Å². The lowest BCUT2D eigenvalue weighted by Crippen LogP contribution is -2.65. The van der Waals surface area contributed by atoms with Crippen molar-refractivity contribution in [2.75, 3.05) is 13.2 Å². The number of phenols is 2. The van der Waals surface area contributed by atoms with Gasteiger partial charge in [0, 0.05) is 6.07 Å². The monoisotopic (exact) mass is 552 g/mol. The molecule has 10 atom stereocenters. The van der Waals surface area contributed by atoms with Crippen molar-refractivity contribution in [3.8, 4) is 17.2 Å². The molecule has 0 amide bonds. The minimum absolute atomic E-state index is 0.0709. The van der Waals surface area contributed by atoms with E-state index in [1.165, 1.54) is 30.3 Å². The molecule has 0 saturated carbocycles. The number of phenolic OH excluding ortho intramolecular Hbond substituents is 2. The first-order valence-electron chi connectivity index (χ1n) is 12.2. The average molecular weight is 553 g/mol. The van der Waals surface area contributed by atoms with Crippen molar-refractivity contribution >= 4 is 12.2 Å². The van der Waals surface area contributed by atoms with Gasteiger partial charge in [-0.3, -0.25) is 0 Å². The minimum atomic E-state index is -1.78. The van der Waals surface area contributed by atoms with Crippen LogP contribution in [0.25, 0.3) is 12.2 Å². The third-order valence-corrected chi connectivity index (χ3v) is 6.49. The van der Waals surface area contributed by atoms with Crippen molar-refractivity contribution in [1.82, 2.24) is 0 Å². The zero-order valence-electron chi connectivity index (χ0n) is 20.5. The maximum absolute atomic E-state index is 10.8. The van der Waals surface area contributed by atoms with Crippen molar-refractivity contribution in [3.63, 3.8) is 0 Å². The molecule has 2 aromatic rings. The lowest BCUT2D eigenvalue weighted by molar-refractivity contribution is -0.352. The summed E-state index contributed by atoms with van der Waals surface area (Å²) in [6.45, 7) is -1.42. The molecule has 13 heteroatoms. The molecule has 2 aromatic carbocycles. The SMILES string of the molecule is OC[C@H]1O[C@@H](O[C@H]2[C@H](O)[C@@H](O)[C@H](Oc3cc(O)cc(/C=C/c4ccc(O)cc4)c3)O[C@@H]2CO)[C@H](O)[C@@H](O)[C@@H]1O. The molecule has 0 aromatic heterocycles. The van der Waals surface area contributed by atoms with Gasteiger partial charge in [0.15, 0.2) is 6.29 Å². The first-order chi connectivity index (χ1) is 18.6. The summed E-state index contributed by atoms with van der Waals surface area (Å²) in [6.07, 6.45) is -12.4. The van der Waals surface area contributed by atoms with Crippen LogP contribution in [0.1, 0.15) is 11.1 Å². The van der Waals surface area contributed by atoms with Crippen molar-refractivity contribution in [2.24, 2.45) is 0 Å². The highest BCUT2D eigenvalue weighted by Gasteiger charge is 2.51. The molecule has 0 radical (unpaired) electrons. The Morgan fingerprint density at radius 1 is 0.641 bits per heavy atom. The molecule has 4 rings (SSSR count). The van der Waals surface area contributed by atoms with Crippen LogP contribution in [0.4, 0.5) is 0 Å². The zero-order valence-corrected chi connectivity index (χ0v) is 20.5. The van der Waals surface area contributed by atoms with Crippen LogP contribution < -0.4 is 4.74 Å². The Morgan fingerprint density at radius 3 is 1.92 bits per heavy atom. The normalized spacial score (nSPS) is 35.3. The van der Waals surface area contributed by atoms with Crippen LogP contribution in [-0.4, -0.2) is 121 Å². The van der Waals surface area contributed by atoms with Crippen molar-refractivity contribution in [3.05, 3.63) is 53.6 Å². The van der Waals surface area contributed by atoms with E-state index in [1.807, 2.05) is 0 Å². The Balaban J connectivity index is 1.46. The van der Waals surface area contributed by atoms with Crippen LogP contribution in [0.15, 0.2) is 42.5 Å². The Kier molecular flexibility index (Phi) is 9.40. The molecule has 0 spiro atoms. The highest BCUT2D eigenvalue weighted by Crippen LogP contribution is 2.31. The lowest BCUT2D eigenvalue weighted by atomic mass is 9.97. The first-order valence-corrected chi connectivity index (χ1v) is 12.2. The maximum Gasteiger partial charge on any atom is 0.229 e. The number of hydrogen-bond acceptors (Lipinski definition) is 13. The van der Waals surface area contributed by atoms with E-state index in [4.69, 9.17) is 18.9 Å². The summed E-state index contributed by atoms with van der Waals surface area (Å²) in [7, 11) is 0. The molecular weight excluding hydrogens is 520 g/mol. The van der Waals surface area contributed by atoms with Crippen molar-refractivity contribution in [1.29, 1.82) is 0 Å². The fourth-order valence-electron chi connectivity index (χ4n) is 4.33. The Bertz CT molecular complexity index is 1110. The van der Waals surface area contributed by atoms with Crippen molar-refractivity contribution in [2.45, 2.75) is 61.4 Å². The highest BCUT2D eigenvalue weighted by atomic mass is 16.7. The summed E-state index contributed by atoms with van der Waals surface area (Å²) in [5.74, 6) is 0.0308. The maximum atomic E-state index is 10.8. The summed E-state index contributed by atoms with van der Waals surface area (Å²) in [5.41, 5.74) is 1.30. The van der Waals surface area contributed by atoms with Gasteiger partial charge in [-0.15, -0.1) is 0 Å². The van der Waals surface area contributed by atoms with Gasteiger partial charge in [0.2, 0.25) is 6.29 Å². The number of benzene rings is 2. The number of ether oxygens (including phenoxy) is 4. The van der Waals surface area contributed by atoms with E-state index in [2.05, 4.69) is 0 Å². The summed E-state index contributed by atoms with van der Waals surface area (Å²) < 4.78 is 22.1. The molecule has 13 nitrogen and oxygen atoms in total. The first kappa shape index (κ1) is 29.2. The third kappa shape index (κ3) is 6.67. The molecule has 2 fully saturated rings. The van der Waals surface area contributed by atoms with Gasteiger partial charge in [0.1, 0.15) is 66.1 Å². The van der Waals surface area contributed by atoms with E-state index < -0.39 is 74.6 Å². The van der Waals surface area contributed by atoms with E-state index in [1.54, 1.807) is 24.3 Å². The molecule has 0 aliphatic carbocycles. The molecule has 2 heterocycles. The molecule has 9 N–H and O–H groups in total. The van der Waals surface area contributed by atoms with Gasteiger partial charge in [0.25, 0.3) is 0 Å². The van der Waals surface area contributed by atoms with Gasteiger partial charge in [0.05, 0.1) is 13.2 Å². The van der Waals surface area contributed by atoms with Crippen LogP contribution in [0.2, 0.25) is 0 Å². The predicted molar refractivity (Wildman–Crippen MR) is 132 cm³/mol. The van der Waals surface area contributed by atoms with Gasteiger partial charge in [-0.25, -0.2) is 0 Å². The Morgan fingerprint density at radius 2 is 1.26 bits per heavy atom. The van der Waals surface area contributed by atoms with Crippen LogP contribution in [0, 0.1) is 0 Å². The second kappa shape index (κ2) is 12.6. The Labute approximate surface area is 222 Å². The molecule has 0 unspecified atom stereocenters. The average Bonchev–Trinajstić information content (AvgIpc) is 2.92.